The molecule has 2 heterocycles. The van der Waals surface area contributed by atoms with Crippen LogP contribution in [0.1, 0.15) is 12.8 Å². The maximum Gasteiger partial charge on any atom is 0.245 e. The summed E-state index contributed by atoms with van der Waals surface area (Å²) in [4.78, 5) is 13.3. The molecule has 13 heavy (non-hydrogen) atoms. The van der Waals surface area contributed by atoms with E-state index in [1.54, 1.807) is 0 Å². The Labute approximate surface area is 78.8 Å². The summed E-state index contributed by atoms with van der Waals surface area (Å²) < 4.78 is 0. The van der Waals surface area contributed by atoms with Crippen LogP contribution in [-0.2, 0) is 4.79 Å². The van der Waals surface area contributed by atoms with Gasteiger partial charge < -0.3 is 10.2 Å². The first-order valence-corrected chi connectivity index (χ1v) is 4.88. The molecule has 3 nitrogen and oxygen atoms in total. The van der Waals surface area contributed by atoms with Crippen molar-refractivity contribution in [2.75, 3.05) is 26.2 Å². The quantitative estimate of drug-likeness (QED) is 0.592. The molecule has 1 unspecified atom stereocenters. The second kappa shape index (κ2) is 3.14. The maximum absolute atomic E-state index is 11.3. The summed E-state index contributed by atoms with van der Waals surface area (Å²) in [5.41, 5.74) is 0.388. The number of hydrogen-bond donors (Lipinski definition) is 1. The molecule has 2 aliphatic rings. The van der Waals surface area contributed by atoms with Crippen LogP contribution < -0.4 is 5.32 Å². The molecule has 3 heteroatoms. The van der Waals surface area contributed by atoms with Crippen LogP contribution in [0.25, 0.3) is 0 Å². The van der Waals surface area contributed by atoms with Crippen molar-refractivity contribution in [2.24, 2.45) is 5.41 Å². The van der Waals surface area contributed by atoms with Crippen LogP contribution in [0.3, 0.4) is 0 Å². The Balaban J connectivity index is 2.00. The summed E-state index contributed by atoms with van der Waals surface area (Å²) in [5, 5.41) is 3.37. The largest absolute Gasteiger partial charge is 0.339 e. The van der Waals surface area contributed by atoms with Crippen LogP contribution in [-0.4, -0.2) is 37.0 Å². The van der Waals surface area contributed by atoms with Crippen molar-refractivity contribution in [3.05, 3.63) is 12.7 Å². The Morgan fingerprint density at radius 1 is 1.54 bits per heavy atom. The Morgan fingerprint density at radius 2 is 2.38 bits per heavy atom. The van der Waals surface area contributed by atoms with E-state index in [1.807, 2.05) is 4.90 Å². The molecule has 1 atom stereocenters. The monoisotopic (exact) mass is 180 g/mol. The van der Waals surface area contributed by atoms with Gasteiger partial charge in [0.25, 0.3) is 0 Å². The normalized spacial score (nSPS) is 32.8. The zero-order valence-electron chi connectivity index (χ0n) is 7.88. The molecule has 2 fully saturated rings. The van der Waals surface area contributed by atoms with E-state index in [2.05, 4.69) is 11.9 Å². The van der Waals surface area contributed by atoms with E-state index in [4.69, 9.17) is 0 Å². The third-order valence-corrected chi connectivity index (χ3v) is 3.26. The number of amides is 1. The van der Waals surface area contributed by atoms with Crippen molar-refractivity contribution in [1.29, 1.82) is 0 Å². The Bertz CT molecular complexity index is 231. The van der Waals surface area contributed by atoms with Crippen molar-refractivity contribution in [2.45, 2.75) is 12.8 Å². The molecule has 0 aliphatic carbocycles. The standard InChI is InChI=1S/C10H16N2O/c1-2-9(13)12-6-4-10(8-12)3-5-11-7-10/h2,11H,1,3-8H2. The fourth-order valence-corrected chi connectivity index (χ4v) is 2.40. The highest BCUT2D eigenvalue weighted by molar-refractivity contribution is 5.87. The highest BCUT2D eigenvalue weighted by Crippen LogP contribution is 2.35. The van der Waals surface area contributed by atoms with E-state index in [9.17, 15) is 4.79 Å². The lowest BCUT2D eigenvalue weighted by Crippen LogP contribution is -2.32. The smallest absolute Gasteiger partial charge is 0.245 e. The van der Waals surface area contributed by atoms with Gasteiger partial charge in [-0.25, -0.2) is 0 Å². The van der Waals surface area contributed by atoms with Gasteiger partial charge in [0, 0.05) is 25.0 Å². The molecular formula is C10H16N2O. The van der Waals surface area contributed by atoms with E-state index in [-0.39, 0.29) is 5.91 Å². The van der Waals surface area contributed by atoms with Crippen LogP contribution in [0.5, 0.6) is 0 Å². The number of nitrogens with zero attached hydrogens (tertiary/aromatic N) is 1. The van der Waals surface area contributed by atoms with Gasteiger partial charge in [0.05, 0.1) is 0 Å². The third kappa shape index (κ3) is 1.48. The summed E-state index contributed by atoms with van der Waals surface area (Å²) in [6, 6.07) is 0. The summed E-state index contributed by atoms with van der Waals surface area (Å²) >= 11 is 0. The van der Waals surface area contributed by atoms with Gasteiger partial charge in [0.2, 0.25) is 5.91 Å². The lowest BCUT2D eigenvalue weighted by Gasteiger charge is -2.21. The van der Waals surface area contributed by atoms with Gasteiger partial charge in [-0.15, -0.1) is 0 Å². The van der Waals surface area contributed by atoms with Crippen molar-refractivity contribution in [1.82, 2.24) is 10.2 Å². The Morgan fingerprint density at radius 3 is 3.00 bits per heavy atom. The van der Waals surface area contributed by atoms with Crippen LogP contribution >= 0.6 is 0 Å². The molecule has 0 bridgehead atoms. The van der Waals surface area contributed by atoms with E-state index in [0.29, 0.717) is 5.41 Å². The minimum absolute atomic E-state index is 0.0868. The number of carbonyl (C=O) groups is 1. The maximum atomic E-state index is 11.3. The first-order chi connectivity index (χ1) is 6.26. The predicted molar refractivity (Wildman–Crippen MR) is 51.3 cm³/mol. The molecular weight excluding hydrogens is 164 g/mol. The summed E-state index contributed by atoms with van der Waals surface area (Å²) in [6.45, 7) is 7.53. The summed E-state index contributed by atoms with van der Waals surface area (Å²) in [7, 11) is 0. The van der Waals surface area contributed by atoms with Crippen LogP contribution in [0.2, 0.25) is 0 Å². The number of likely N-dealkylation sites (tertiary alicyclic amines) is 1. The lowest BCUT2D eigenvalue weighted by atomic mass is 9.87. The van der Waals surface area contributed by atoms with Crippen LogP contribution in [0.4, 0.5) is 0 Å². The van der Waals surface area contributed by atoms with Gasteiger partial charge in [0.1, 0.15) is 0 Å². The van der Waals surface area contributed by atoms with Gasteiger partial charge in [-0.1, -0.05) is 6.58 Å². The van der Waals surface area contributed by atoms with E-state index in [0.717, 1.165) is 32.6 Å². The van der Waals surface area contributed by atoms with Crippen molar-refractivity contribution >= 4 is 5.91 Å². The highest BCUT2D eigenvalue weighted by Gasteiger charge is 2.41. The number of hydrogen-bond acceptors (Lipinski definition) is 2. The molecule has 2 saturated heterocycles. The number of nitrogens with one attached hydrogen (secondary N) is 1. The van der Waals surface area contributed by atoms with Crippen LogP contribution in [0, 0.1) is 5.41 Å². The van der Waals surface area contributed by atoms with Gasteiger partial charge in [-0.3, -0.25) is 4.79 Å². The fraction of sp³-hybridized carbons (Fsp3) is 0.700. The van der Waals surface area contributed by atoms with E-state index in [1.165, 1.54) is 12.5 Å². The average Bonchev–Trinajstić information content (AvgIpc) is 2.76. The first-order valence-electron chi connectivity index (χ1n) is 4.88. The number of rotatable bonds is 1. The number of carbonyl (C=O) groups excluding carboxylic acids is 1. The first kappa shape index (κ1) is 8.75. The Hall–Kier alpha value is -0.830. The minimum atomic E-state index is 0.0868. The minimum Gasteiger partial charge on any atom is -0.339 e. The van der Waals surface area contributed by atoms with Gasteiger partial charge in [-0.05, 0) is 25.5 Å². The topological polar surface area (TPSA) is 32.3 Å². The molecule has 1 amide bonds. The lowest BCUT2D eigenvalue weighted by molar-refractivity contribution is -0.125. The molecule has 0 radical (unpaired) electrons. The zero-order valence-corrected chi connectivity index (χ0v) is 7.88. The highest BCUT2D eigenvalue weighted by atomic mass is 16.2. The summed E-state index contributed by atoms with van der Waals surface area (Å²) in [5.74, 6) is 0.0868. The Kier molecular flexibility index (Phi) is 2.12. The van der Waals surface area contributed by atoms with Gasteiger partial charge in [0.15, 0.2) is 0 Å². The molecule has 0 aromatic heterocycles. The van der Waals surface area contributed by atoms with Crippen LogP contribution in [0.15, 0.2) is 12.7 Å². The zero-order chi connectivity index (χ0) is 9.31. The average molecular weight is 180 g/mol. The molecule has 0 saturated carbocycles. The second-order valence-electron chi connectivity index (χ2n) is 4.14. The molecule has 2 aliphatic heterocycles. The van der Waals surface area contributed by atoms with Crippen molar-refractivity contribution in [3.8, 4) is 0 Å². The second-order valence-corrected chi connectivity index (χ2v) is 4.14. The molecule has 0 aromatic rings. The molecule has 72 valence electrons. The van der Waals surface area contributed by atoms with Crippen molar-refractivity contribution < 1.29 is 4.79 Å². The molecule has 0 aromatic carbocycles. The van der Waals surface area contributed by atoms with Crippen molar-refractivity contribution in [3.63, 3.8) is 0 Å². The van der Waals surface area contributed by atoms with E-state index >= 15 is 0 Å². The van der Waals surface area contributed by atoms with E-state index < -0.39 is 0 Å². The molecule has 2 rings (SSSR count). The van der Waals surface area contributed by atoms with Gasteiger partial charge in [-0.2, -0.15) is 0 Å². The summed E-state index contributed by atoms with van der Waals surface area (Å²) in [6.07, 6.45) is 3.79. The SMILES string of the molecule is C=CC(=O)N1CCC2(CCNC2)C1. The third-order valence-electron chi connectivity index (χ3n) is 3.26. The van der Waals surface area contributed by atoms with Gasteiger partial charge >= 0.3 is 0 Å². The fourth-order valence-electron chi connectivity index (χ4n) is 2.40. The predicted octanol–water partition coefficient (Wildman–Crippen LogP) is 0.384. The molecule has 1 spiro atoms. The molecule has 1 N–H and O–H groups in total.